The maximum Gasteiger partial charge on any atom is 0.410 e. The van der Waals surface area contributed by atoms with E-state index in [2.05, 4.69) is 39.4 Å². The summed E-state index contributed by atoms with van der Waals surface area (Å²) < 4.78 is 23.2. The third-order valence-corrected chi connectivity index (χ3v) is 10.6. The van der Waals surface area contributed by atoms with Crippen molar-refractivity contribution >= 4 is 45.4 Å². The molecule has 2 aromatic carbocycles. The number of hydrogen-bond donors (Lipinski definition) is 2. The average molecular weight is 663 g/mol. The molecule has 3 saturated heterocycles. The van der Waals surface area contributed by atoms with Crippen LogP contribution in [0.4, 0.5) is 15.1 Å². The Balaban J connectivity index is 1.44. The molecule has 0 radical (unpaired) electrons. The van der Waals surface area contributed by atoms with Gasteiger partial charge in [-0.3, -0.25) is 10.00 Å². The van der Waals surface area contributed by atoms with Crippen LogP contribution in [0.3, 0.4) is 0 Å². The molecule has 0 saturated carbocycles. The molecular weight excluding hydrogens is 619 g/mol. The number of carbonyl (C=O) groups is 1. The van der Waals surface area contributed by atoms with Crippen LogP contribution in [0, 0.1) is 18.2 Å². The number of hydrogen-bond acceptors (Lipinski definition) is 8. The average Bonchev–Trinajstić information content (AvgIpc) is 3.50. The van der Waals surface area contributed by atoms with E-state index >= 15 is 4.39 Å². The molecule has 4 aromatic rings. The standard InChI is InChI=1S/C35H44ClFN8O2/c1-20-7-8-25-23(18-39-42-25)26(20)27-24(36)17-22-29(28(27)37)40-32(44-15-9-21(10-16-44)43(5)6)41-30(22)31-35(11-13-38-14-12-35)19-45(31)33(46)47-34(2,3)4/h7-8,17-18,21,31,38H,9-16,19H2,1-6H3,(H,39,42). The van der Waals surface area contributed by atoms with Crippen molar-refractivity contribution in [1.82, 2.24) is 35.3 Å². The molecule has 3 aliphatic rings. The van der Waals surface area contributed by atoms with E-state index in [9.17, 15) is 4.79 Å². The number of amides is 1. The highest BCUT2D eigenvalue weighted by molar-refractivity contribution is 6.34. The first-order valence-corrected chi connectivity index (χ1v) is 17.0. The molecule has 3 fully saturated rings. The van der Waals surface area contributed by atoms with Crippen molar-refractivity contribution < 1.29 is 13.9 Å². The minimum Gasteiger partial charge on any atom is -0.444 e. The molecular formula is C35H44ClFN8O2. The smallest absolute Gasteiger partial charge is 0.410 e. The van der Waals surface area contributed by atoms with Crippen LogP contribution in [0.15, 0.2) is 24.4 Å². The van der Waals surface area contributed by atoms with Crippen molar-refractivity contribution in [3.8, 4) is 11.1 Å². The van der Waals surface area contributed by atoms with Gasteiger partial charge in [-0.15, -0.1) is 0 Å². The Morgan fingerprint density at radius 2 is 1.83 bits per heavy atom. The Morgan fingerprint density at radius 1 is 1.11 bits per heavy atom. The molecule has 1 atom stereocenters. The van der Waals surface area contributed by atoms with Gasteiger partial charge >= 0.3 is 6.09 Å². The third-order valence-electron chi connectivity index (χ3n) is 10.3. The highest BCUT2D eigenvalue weighted by atomic mass is 35.5. The number of benzene rings is 2. The maximum atomic E-state index is 17.3. The van der Waals surface area contributed by atoms with E-state index in [1.165, 1.54) is 0 Å². The largest absolute Gasteiger partial charge is 0.444 e. The van der Waals surface area contributed by atoms with E-state index in [4.69, 9.17) is 26.3 Å². The number of aryl methyl sites for hydroxylation is 1. The first-order chi connectivity index (χ1) is 22.4. The Labute approximate surface area is 280 Å². The molecule has 1 unspecified atom stereocenters. The number of likely N-dealkylation sites (tertiary alicyclic amines) is 1. The summed E-state index contributed by atoms with van der Waals surface area (Å²) in [5.74, 6) is -0.0184. The molecule has 10 nitrogen and oxygen atoms in total. The van der Waals surface area contributed by atoms with Crippen LogP contribution < -0.4 is 10.2 Å². The van der Waals surface area contributed by atoms with Crippen LogP contribution in [-0.4, -0.2) is 94.5 Å². The van der Waals surface area contributed by atoms with Gasteiger partial charge in [-0.05, 0) is 98.3 Å². The van der Waals surface area contributed by atoms with Crippen LogP contribution in [0.25, 0.3) is 32.9 Å². The van der Waals surface area contributed by atoms with Crippen LogP contribution in [0.5, 0.6) is 0 Å². The zero-order chi connectivity index (χ0) is 33.2. The number of nitrogens with zero attached hydrogens (tertiary/aromatic N) is 6. The molecule has 1 amide bonds. The number of rotatable bonds is 4. The lowest BCUT2D eigenvalue weighted by Gasteiger charge is -2.58. The van der Waals surface area contributed by atoms with Crippen molar-refractivity contribution in [2.75, 3.05) is 51.7 Å². The molecule has 0 bridgehead atoms. The number of halogens is 2. The van der Waals surface area contributed by atoms with Crippen molar-refractivity contribution in [3.05, 3.63) is 46.5 Å². The van der Waals surface area contributed by atoms with E-state index in [1.807, 2.05) is 39.8 Å². The first-order valence-electron chi connectivity index (χ1n) is 16.6. The molecule has 0 aliphatic carbocycles. The van der Waals surface area contributed by atoms with E-state index in [-0.39, 0.29) is 16.0 Å². The Morgan fingerprint density at radius 3 is 2.51 bits per heavy atom. The highest BCUT2D eigenvalue weighted by Crippen LogP contribution is 2.56. The monoisotopic (exact) mass is 662 g/mol. The molecule has 2 N–H and O–H groups in total. The summed E-state index contributed by atoms with van der Waals surface area (Å²) in [6.45, 7) is 11.3. The Bertz CT molecular complexity index is 1840. The number of aromatic amines is 1. The number of fused-ring (bicyclic) bond motifs is 2. The Hall–Kier alpha value is -3.54. The minimum absolute atomic E-state index is 0.208. The van der Waals surface area contributed by atoms with Crippen molar-refractivity contribution in [2.45, 2.75) is 71.1 Å². The lowest BCUT2D eigenvalue weighted by Crippen LogP contribution is -2.64. The number of carbonyl (C=O) groups excluding carboxylic acids is 1. The highest BCUT2D eigenvalue weighted by Gasteiger charge is 2.57. The lowest BCUT2D eigenvalue weighted by atomic mass is 9.64. The van der Waals surface area contributed by atoms with E-state index in [0.717, 1.165) is 68.3 Å². The second-order valence-electron chi connectivity index (χ2n) is 14.7. The van der Waals surface area contributed by atoms with Gasteiger partial charge < -0.3 is 19.9 Å². The molecule has 5 heterocycles. The van der Waals surface area contributed by atoms with Crippen LogP contribution in [0.2, 0.25) is 5.02 Å². The van der Waals surface area contributed by atoms with Gasteiger partial charge in [0.1, 0.15) is 11.1 Å². The molecule has 2 aromatic heterocycles. The topological polar surface area (TPSA) is 103 Å². The second kappa shape index (κ2) is 11.9. The summed E-state index contributed by atoms with van der Waals surface area (Å²) in [4.78, 5) is 30.1. The molecule has 250 valence electrons. The number of piperidine rings is 2. The zero-order valence-electron chi connectivity index (χ0n) is 28.1. The second-order valence-corrected chi connectivity index (χ2v) is 15.2. The van der Waals surface area contributed by atoms with E-state index in [0.29, 0.717) is 40.7 Å². The van der Waals surface area contributed by atoms with Gasteiger partial charge in [0.05, 0.1) is 28.5 Å². The number of H-pyrrole nitrogens is 1. The van der Waals surface area contributed by atoms with Crippen molar-refractivity contribution in [2.24, 2.45) is 5.41 Å². The van der Waals surface area contributed by atoms with Crippen LogP contribution in [-0.2, 0) is 4.74 Å². The lowest BCUT2D eigenvalue weighted by molar-refractivity contribution is -0.0980. The van der Waals surface area contributed by atoms with Gasteiger partial charge in [0.25, 0.3) is 0 Å². The zero-order valence-corrected chi connectivity index (χ0v) is 28.8. The Kier molecular flexibility index (Phi) is 8.08. The van der Waals surface area contributed by atoms with Gasteiger partial charge in [-0.1, -0.05) is 17.7 Å². The predicted octanol–water partition coefficient (Wildman–Crippen LogP) is 6.47. The van der Waals surface area contributed by atoms with Gasteiger partial charge in [0.15, 0.2) is 5.82 Å². The van der Waals surface area contributed by atoms with Crippen LogP contribution >= 0.6 is 11.6 Å². The van der Waals surface area contributed by atoms with Gasteiger partial charge in [0, 0.05) is 53.0 Å². The SMILES string of the molecule is Cc1ccc2[nH]ncc2c1-c1c(Cl)cc2c(C3N(C(=O)OC(C)(C)C)CC34CCNCC4)nc(N3CCC(N(C)C)CC3)nc2c1F. The number of ether oxygens (including phenoxy) is 1. The molecule has 1 spiro atoms. The summed E-state index contributed by atoms with van der Waals surface area (Å²) in [5, 5.41) is 12.3. The quantitative estimate of drug-likeness (QED) is 0.257. The van der Waals surface area contributed by atoms with Crippen LogP contribution in [0.1, 0.15) is 63.8 Å². The third kappa shape index (κ3) is 5.59. The summed E-state index contributed by atoms with van der Waals surface area (Å²) in [6.07, 6.45) is 4.93. The first kappa shape index (κ1) is 32.0. The molecule has 7 rings (SSSR count). The summed E-state index contributed by atoms with van der Waals surface area (Å²) in [5.41, 5.74) is 2.60. The van der Waals surface area contributed by atoms with Gasteiger partial charge in [-0.2, -0.15) is 5.10 Å². The number of nitrogens with one attached hydrogen (secondary N) is 2. The number of anilines is 1. The number of aromatic nitrogens is 4. The summed E-state index contributed by atoms with van der Waals surface area (Å²) in [7, 11) is 4.21. The van der Waals surface area contributed by atoms with Gasteiger partial charge in [0.2, 0.25) is 5.95 Å². The molecule has 12 heteroatoms. The van der Waals surface area contributed by atoms with Crippen molar-refractivity contribution in [3.63, 3.8) is 0 Å². The molecule has 47 heavy (non-hydrogen) atoms. The molecule has 3 aliphatic heterocycles. The fourth-order valence-corrected chi connectivity index (χ4v) is 8.13. The van der Waals surface area contributed by atoms with Crippen molar-refractivity contribution in [1.29, 1.82) is 0 Å². The van der Waals surface area contributed by atoms with E-state index in [1.54, 1.807) is 17.2 Å². The summed E-state index contributed by atoms with van der Waals surface area (Å²) in [6, 6.07) is 5.72. The van der Waals surface area contributed by atoms with E-state index < -0.39 is 23.6 Å². The minimum atomic E-state index is -0.662. The maximum absolute atomic E-state index is 17.3. The predicted molar refractivity (Wildman–Crippen MR) is 183 cm³/mol. The fraction of sp³-hybridized carbons (Fsp3) is 0.543. The summed E-state index contributed by atoms with van der Waals surface area (Å²) >= 11 is 7.06. The fourth-order valence-electron chi connectivity index (χ4n) is 7.85. The van der Waals surface area contributed by atoms with Gasteiger partial charge in [-0.25, -0.2) is 19.2 Å². The normalized spacial score (nSPS) is 20.4.